The quantitative estimate of drug-likeness (QED) is 0.0997. The van der Waals surface area contributed by atoms with Gasteiger partial charge in [-0.2, -0.15) is 0 Å². The fourth-order valence-corrected chi connectivity index (χ4v) is 6.30. The third-order valence-electron chi connectivity index (χ3n) is 9.12. The van der Waals surface area contributed by atoms with Crippen molar-refractivity contribution in [2.24, 2.45) is 5.73 Å². The Hall–Kier alpha value is -0.200. The molecule has 0 radical (unpaired) electrons. The van der Waals surface area contributed by atoms with Gasteiger partial charge >= 0.3 is 0 Å². The Morgan fingerprint density at radius 3 is 1.40 bits per heavy atom. The highest BCUT2D eigenvalue weighted by atomic mass is 16.6. The van der Waals surface area contributed by atoms with E-state index in [0.717, 1.165) is 25.7 Å². The standard InChI is InChI=1S/C35H71NO4/c1-8-12-16-20-24-26-34(5,25-21-17-13-9-2)38-29-30-31(32(37-7)33(36)39-30)40-35(6,27-22-18-14-10-3)28-23-19-15-11-4/h30-33H,8-29,36H2,1-7H3. The van der Waals surface area contributed by atoms with Gasteiger partial charge in [-0.1, -0.05) is 137 Å². The van der Waals surface area contributed by atoms with E-state index in [2.05, 4.69) is 41.5 Å². The van der Waals surface area contributed by atoms with E-state index in [0.29, 0.717) is 6.61 Å². The Balaban J connectivity index is 2.94. The molecule has 5 nitrogen and oxygen atoms in total. The lowest BCUT2D eigenvalue weighted by Gasteiger charge is -2.37. The molecule has 0 aromatic rings. The van der Waals surface area contributed by atoms with E-state index >= 15 is 0 Å². The van der Waals surface area contributed by atoms with Crippen LogP contribution in [-0.2, 0) is 18.9 Å². The summed E-state index contributed by atoms with van der Waals surface area (Å²) in [4.78, 5) is 0. The van der Waals surface area contributed by atoms with Crippen LogP contribution in [0.2, 0.25) is 0 Å². The third-order valence-corrected chi connectivity index (χ3v) is 9.12. The summed E-state index contributed by atoms with van der Waals surface area (Å²) in [5.41, 5.74) is 6.14. The maximum absolute atomic E-state index is 7.04. The lowest BCUT2D eigenvalue weighted by molar-refractivity contribution is -0.162. The van der Waals surface area contributed by atoms with Crippen LogP contribution in [-0.4, -0.2) is 49.5 Å². The number of hydrogen-bond donors (Lipinski definition) is 1. The summed E-state index contributed by atoms with van der Waals surface area (Å²) in [6, 6.07) is 0. The fourth-order valence-electron chi connectivity index (χ4n) is 6.30. The Bertz CT molecular complexity index is 576. The fraction of sp³-hybridized carbons (Fsp3) is 1.00. The number of nitrogens with two attached hydrogens (primary N) is 1. The summed E-state index contributed by atoms with van der Waals surface area (Å²) in [5, 5.41) is 0. The molecule has 5 heteroatoms. The zero-order valence-corrected chi connectivity index (χ0v) is 28.1. The van der Waals surface area contributed by atoms with Gasteiger partial charge in [0.1, 0.15) is 24.5 Å². The molecule has 2 N–H and O–H groups in total. The van der Waals surface area contributed by atoms with Gasteiger partial charge in [-0.3, -0.25) is 0 Å². The van der Waals surface area contributed by atoms with Crippen molar-refractivity contribution in [2.45, 2.75) is 212 Å². The van der Waals surface area contributed by atoms with Crippen LogP contribution >= 0.6 is 0 Å². The summed E-state index contributed by atoms with van der Waals surface area (Å²) in [7, 11) is 1.74. The van der Waals surface area contributed by atoms with Crippen molar-refractivity contribution in [3.63, 3.8) is 0 Å². The van der Waals surface area contributed by atoms with E-state index in [1.807, 2.05) is 0 Å². The average Bonchev–Trinajstić information content (AvgIpc) is 3.23. The Labute approximate surface area is 250 Å². The van der Waals surface area contributed by atoms with Crippen LogP contribution in [0.1, 0.15) is 176 Å². The van der Waals surface area contributed by atoms with Crippen LogP contribution in [0.4, 0.5) is 0 Å². The van der Waals surface area contributed by atoms with Crippen molar-refractivity contribution < 1.29 is 18.9 Å². The molecular formula is C35H71NO4. The summed E-state index contributed by atoms with van der Waals surface area (Å²) in [5.74, 6) is 0. The Kier molecular flexibility index (Phi) is 21.1. The molecule has 0 bridgehead atoms. The normalized spacial score (nSPS) is 23.1. The molecule has 240 valence electrons. The Morgan fingerprint density at radius 2 is 0.975 bits per heavy atom. The zero-order chi connectivity index (χ0) is 29.7. The average molecular weight is 570 g/mol. The first-order chi connectivity index (χ1) is 19.3. The van der Waals surface area contributed by atoms with Gasteiger partial charge in [0.2, 0.25) is 0 Å². The highest BCUT2D eigenvalue weighted by molar-refractivity contribution is 4.94. The van der Waals surface area contributed by atoms with Crippen LogP contribution in [0.25, 0.3) is 0 Å². The first-order valence-electron chi connectivity index (χ1n) is 17.5. The molecule has 0 aliphatic carbocycles. The second kappa shape index (κ2) is 22.4. The highest BCUT2D eigenvalue weighted by Crippen LogP contribution is 2.35. The minimum Gasteiger partial charge on any atom is -0.374 e. The monoisotopic (exact) mass is 570 g/mol. The summed E-state index contributed by atoms with van der Waals surface area (Å²) < 4.78 is 26.0. The number of rotatable bonds is 27. The minimum atomic E-state index is -0.488. The Morgan fingerprint density at radius 1 is 0.575 bits per heavy atom. The van der Waals surface area contributed by atoms with Crippen molar-refractivity contribution in [1.29, 1.82) is 0 Å². The second-order valence-electron chi connectivity index (χ2n) is 13.2. The maximum Gasteiger partial charge on any atom is 0.135 e. The third kappa shape index (κ3) is 15.3. The molecule has 40 heavy (non-hydrogen) atoms. The van der Waals surface area contributed by atoms with Gasteiger partial charge in [0.25, 0.3) is 0 Å². The van der Waals surface area contributed by atoms with Gasteiger partial charge in [-0.25, -0.2) is 0 Å². The molecule has 0 spiro atoms. The van der Waals surface area contributed by atoms with Crippen molar-refractivity contribution in [3.05, 3.63) is 0 Å². The molecule has 0 aromatic heterocycles. The van der Waals surface area contributed by atoms with Crippen molar-refractivity contribution in [2.75, 3.05) is 13.7 Å². The van der Waals surface area contributed by atoms with Crippen LogP contribution in [0.15, 0.2) is 0 Å². The SMILES string of the molecule is CCCCCCCC(C)(CCCCCC)OCC1OC(N)C(OC)C1OC(C)(CCCCCC)CCCCCC. The topological polar surface area (TPSA) is 62.9 Å². The zero-order valence-electron chi connectivity index (χ0n) is 28.1. The van der Waals surface area contributed by atoms with E-state index in [1.165, 1.54) is 109 Å². The lowest BCUT2D eigenvalue weighted by Crippen LogP contribution is -2.47. The second-order valence-corrected chi connectivity index (χ2v) is 13.2. The van der Waals surface area contributed by atoms with Crippen LogP contribution < -0.4 is 5.73 Å². The molecule has 1 fully saturated rings. The predicted octanol–water partition coefficient (Wildman–Crippen LogP) is 9.88. The van der Waals surface area contributed by atoms with Gasteiger partial charge in [0.05, 0.1) is 17.8 Å². The van der Waals surface area contributed by atoms with Gasteiger partial charge in [-0.15, -0.1) is 0 Å². The number of hydrogen-bond acceptors (Lipinski definition) is 5. The lowest BCUT2D eigenvalue weighted by atomic mass is 9.90. The van der Waals surface area contributed by atoms with E-state index in [9.17, 15) is 0 Å². The summed E-state index contributed by atoms with van der Waals surface area (Å²) in [6.07, 6.45) is 24.7. The number of ether oxygens (including phenoxy) is 4. The first-order valence-corrected chi connectivity index (χ1v) is 17.5. The summed E-state index contributed by atoms with van der Waals surface area (Å²) in [6.45, 7) is 14.2. The van der Waals surface area contributed by atoms with Crippen LogP contribution in [0, 0.1) is 0 Å². The molecule has 5 unspecified atom stereocenters. The van der Waals surface area contributed by atoms with Gasteiger partial charge in [0.15, 0.2) is 0 Å². The summed E-state index contributed by atoms with van der Waals surface area (Å²) >= 11 is 0. The first kappa shape index (κ1) is 37.8. The minimum absolute atomic E-state index is 0.132. The smallest absolute Gasteiger partial charge is 0.135 e. The molecule has 0 saturated carbocycles. The van der Waals surface area contributed by atoms with E-state index in [-0.39, 0.29) is 29.5 Å². The van der Waals surface area contributed by atoms with E-state index in [1.54, 1.807) is 7.11 Å². The van der Waals surface area contributed by atoms with Gasteiger partial charge in [-0.05, 0) is 39.5 Å². The number of methoxy groups -OCH3 is 1. The van der Waals surface area contributed by atoms with Crippen molar-refractivity contribution in [1.82, 2.24) is 0 Å². The van der Waals surface area contributed by atoms with Crippen molar-refractivity contribution >= 4 is 0 Å². The van der Waals surface area contributed by atoms with E-state index < -0.39 is 6.23 Å². The molecule has 0 amide bonds. The highest BCUT2D eigenvalue weighted by Gasteiger charge is 2.47. The van der Waals surface area contributed by atoms with E-state index in [4.69, 9.17) is 24.7 Å². The maximum atomic E-state index is 7.04. The molecule has 1 saturated heterocycles. The number of unbranched alkanes of at least 4 members (excludes halogenated alkanes) is 13. The molecule has 1 aliphatic rings. The van der Waals surface area contributed by atoms with Crippen LogP contribution in [0.5, 0.6) is 0 Å². The molecule has 5 atom stereocenters. The largest absolute Gasteiger partial charge is 0.374 e. The van der Waals surface area contributed by atoms with Gasteiger partial charge < -0.3 is 24.7 Å². The molecule has 1 aliphatic heterocycles. The molecular weight excluding hydrogens is 498 g/mol. The molecule has 1 rings (SSSR count). The van der Waals surface area contributed by atoms with Crippen LogP contribution in [0.3, 0.4) is 0 Å². The molecule has 1 heterocycles. The molecule has 0 aromatic carbocycles. The van der Waals surface area contributed by atoms with Gasteiger partial charge in [0, 0.05) is 7.11 Å². The predicted molar refractivity (Wildman–Crippen MR) is 171 cm³/mol. The van der Waals surface area contributed by atoms with Crippen molar-refractivity contribution in [3.8, 4) is 0 Å².